The van der Waals surface area contributed by atoms with Crippen LogP contribution in [0.15, 0.2) is 15.9 Å². The number of hydrogen-bond donors (Lipinski definition) is 1. The van der Waals surface area contributed by atoms with E-state index in [1.807, 2.05) is 0 Å². The summed E-state index contributed by atoms with van der Waals surface area (Å²) in [6.07, 6.45) is 7.16. The molecule has 1 fully saturated rings. The Kier molecular flexibility index (Phi) is 5.32. The Labute approximate surface area is 141 Å². The van der Waals surface area contributed by atoms with Crippen molar-refractivity contribution < 1.29 is 4.74 Å². The van der Waals surface area contributed by atoms with E-state index >= 15 is 0 Å². The fourth-order valence-electron chi connectivity index (χ4n) is 2.82. The third-order valence-electron chi connectivity index (χ3n) is 4.16. The number of imidazole rings is 1. The van der Waals surface area contributed by atoms with E-state index < -0.39 is 0 Å². The van der Waals surface area contributed by atoms with Gasteiger partial charge in [-0.25, -0.2) is 9.78 Å². The van der Waals surface area contributed by atoms with E-state index in [4.69, 9.17) is 4.74 Å². The fourth-order valence-corrected chi connectivity index (χ4v) is 3.18. The van der Waals surface area contributed by atoms with Crippen molar-refractivity contribution in [3.8, 4) is 0 Å². The molecular formula is C15H21BrN4O3. The molecule has 1 aliphatic rings. The first kappa shape index (κ1) is 16.4. The van der Waals surface area contributed by atoms with Gasteiger partial charge in [-0.3, -0.25) is 13.9 Å². The Hall–Kier alpha value is -1.41. The summed E-state index contributed by atoms with van der Waals surface area (Å²) < 4.78 is 8.06. The van der Waals surface area contributed by atoms with Crippen LogP contribution in [0.4, 0.5) is 0 Å². The molecule has 1 aliphatic heterocycles. The number of nitrogens with one attached hydrogen (secondary N) is 1. The zero-order chi connectivity index (χ0) is 16.2. The molecule has 1 saturated heterocycles. The number of nitrogens with zero attached hydrogens (tertiary/aromatic N) is 3. The van der Waals surface area contributed by atoms with Crippen molar-refractivity contribution in [3.05, 3.63) is 27.2 Å². The molecule has 3 rings (SSSR count). The van der Waals surface area contributed by atoms with Crippen LogP contribution in [0, 0.1) is 0 Å². The van der Waals surface area contributed by atoms with Crippen LogP contribution in [0.3, 0.4) is 0 Å². The maximum atomic E-state index is 12.5. The van der Waals surface area contributed by atoms with E-state index in [1.165, 1.54) is 10.9 Å². The lowest BCUT2D eigenvalue weighted by Gasteiger charge is -2.10. The second-order valence-corrected chi connectivity index (χ2v) is 6.63. The standard InChI is InChI=1S/C15H21BrN4O3/c16-6-8-19-13-12(17-10-18-13)14(21)20(15(19)22)7-4-2-1-3-5-11-9-23-11/h10-11H,1-9H2,(H,17,18). The van der Waals surface area contributed by atoms with Crippen LogP contribution in [0.25, 0.3) is 11.2 Å². The number of aromatic nitrogens is 4. The zero-order valence-electron chi connectivity index (χ0n) is 13.0. The number of H-pyrrole nitrogens is 1. The van der Waals surface area contributed by atoms with E-state index in [2.05, 4.69) is 25.9 Å². The Morgan fingerprint density at radius 2 is 2.00 bits per heavy atom. The second kappa shape index (κ2) is 7.44. The van der Waals surface area contributed by atoms with Crippen molar-refractivity contribution in [2.24, 2.45) is 0 Å². The minimum atomic E-state index is -0.278. The monoisotopic (exact) mass is 384 g/mol. The van der Waals surface area contributed by atoms with Crippen molar-refractivity contribution >= 4 is 27.1 Å². The average Bonchev–Trinajstić information content (AvgIpc) is 3.24. The summed E-state index contributed by atoms with van der Waals surface area (Å²) in [7, 11) is 0. The topological polar surface area (TPSA) is 85.2 Å². The highest BCUT2D eigenvalue weighted by molar-refractivity contribution is 9.09. The van der Waals surface area contributed by atoms with Crippen LogP contribution in [-0.2, 0) is 17.8 Å². The van der Waals surface area contributed by atoms with Crippen LogP contribution in [-0.4, -0.2) is 37.1 Å². The van der Waals surface area contributed by atoms with Crippen LogP contribution in [0.2, 0.25) is 0 Å². The number of aromatic amines is 1. The smallest absolute Gasteiger partial charge is 0.332 e. The molecule has 0 radical (unpaired) electrons. The summed E-state index contributed by atoms with van der Waals surface area (Å²) >= 11 is 3.34. The number of fused-ring (bicyclic) bond motifs is 1. The molecule has 7 nitrogen and oxygen atoms in total. The van der Waals surface area contributed by atoms with Crippen molar-refractivity contribution in [2.45, 2.75) is 51.3 Å². The Bertz CT molecular complexity index is 775. The first-order valence-electron chi connectivity index (χ1n) is 8.06. The van der Waals surface area contributed by atoms with Crippen LogP contribution < -0.4 is 11.2 Å². The lowest BCUT2D eigenvalue weighted by Crippen LogP contribution is -2.40. The van der Waals surface area contributed by atoms with Crippen molar-refractivity contribution in [1.29, 1.82) is 0 Å². The van der Waals surface area contributed by atoms with Crippen LogP contribution >= 0.6 is 15.9 Å². The number of aryl methyl sites for hydroxylation is 1. The molecule has 8 heteroatoms. The van der Waals surface area contributed by atoms with Gasteiger partial charge in [-0.05, 0) is 12.8 Å². The lowest BCUT2D eigenvalue weighted by atomic mass is 10.1. The fraction of sp³-hybridized carbons (Fsp3) is 0.667. The highest BCUT2D eigenvalue weighted by Gasteiger charge is 2.21. The molecule has 0 spiro atoms. The summed E-state index contributed by atoms with van der Waals surface area (Å²) in [5.41, 5.74) is 0.275. The number of hydrogen-bond acceptors (Lipinski definition) is 4. The molecule has 0 bridgehead atoms. The molecule has 3 heterocycles. The maximum absolute atomic E-state index is 12.5. The minimum Gasteiger partial charge on any atom is -0.373 e. The van der Waals surface area contributed by atoms with Crippen molar-refractivity contribution in [2.75, 3.05) is 11.9 Å². The molecule has 0 aromatic carbocycles. The molecule has 0 saturated carbocycles. The predicted molar refractivity (Wildman–Crippen MR) is 91.2 cm³/mol. The number of rotatable bonds is 9. The Morgan fingerprint density at radius 3 is 2.74 bits per heavy atom. The van der Waals surface area contributed by atoms with Gasteiger partial charge in [0.05, 0.1) is 19.0 Å². The Balaban J connectivity index is 1.68. The first-order valence-corrected chi connectivity index (χ1v) is 9.19. The SMILES string of the molecule is O=c1c2[nH]cnc2n(CCBr)c(=O)n1CCCCCCC1CO1. The van der Waals surface area contributed by atoms with E-state index in [1.54, 1.807) is 4.57 Å². The van der Waals surface area contributed by atoms with Crippen molar-refractivity contribution in [3.63, 3.8) is 0 Å². The summed E-state index contributed by atoms with van der Waals surface area (Å²) in [5.74, 6) is 0. The number of unbranched alkanes of at least 4 members (excludes halogenated alkanes) is 3. The number of ether oxygens (including phenoxy) is 1. The third kappa shape index (κ3) is 3.74. The molecular weight excluding hydrogens is 364 g/mol. The van der Waals surface area contributed by atoms with Gasteiger partial charge in [0.15, 0.2) is 5.65 Å². The number of epoxide rings is 1. The second-order valence-electron chi connectivity index (χ2n) is 5.84. The van der Waals surface area contributed by atoms with Gasteiger partial charge in [-0.1, -0.05) is 35.2 Å². The largest absolute Gasteiger partial charge is 0.373 e. The van der Waals surface area contributed by atoms with Crippen LogP contribution in [0.5, 0.6) is 0 Å². The van der Waals surface area contributed by atoms with Gasteiger partial charge >= 0.3 is 5.69 Å². The quantitative estimate of drug-likeness (QED) is 0.404. The van der Waals surface area contributed by atoms with E-state index in [0.29, 0.717) is 35.7 Å². The highest BCUT2D eigenvalue weighted by Crippen LogP contribution is 2.17. The maximum Gasteiger partial charge on any atom is 0.332 e. The van der Waals surface area contributed by atoms with E-state index in [9.17, 15) is 9.59 Å². The Morgan fingerprint density at radius 1 is 1.22 bits per heavy atom. The molecule has 2 aromatic rings. The van der Waals surface area contributed by atoms with Gasteiger partial charge in [0.2, 0.25) is 0 Å². The number of alkyl halides is 1. The van der Waals surface area contributed by atoms with Crippen molar-refractivity contribution in [1.82, 2.24) is 19.1 Å². The molecule has 2 aromatic heterocycles. The molecule has 1 atom stereocenters. The molecule has 0 amide bonds. The zero-order valence-corrected chi connectivity index (χ0v) is 14.5. The molecule has 0 aliphatic carbocycles. The summed E-state index contributed by atoms with van der Waals surface area (Å²) in [6.45, 7) is 1.85. The normalized spacial score (nSPS) is 17.0. The summed E-state index contributed by atoms with van der Waals surface area (Å²) in [4.78, 5) is 31.9. The van der Waals surface area contributed by atoms with E-state index in [-0.39, 0.29) is 11.2 Å². The molecule has 23 heavy (non-hydrogen) atoms. The average molecular weight is 385 g/mol. The van der Waals surface area contributed by atoms with Gasteiger partial charge in [0.25, 0.3) is 5.56 Å². The lowest BCUT2D eigenvalue weighted by molar-refractivity contribution is 0.387. The van der Waals surface area contributed by atoms with Gasteiger partial charge < -0.3 is 9.72 Å². The van der Waals surface area contributed by atoms with E-state index in [0.717, 1.165) is 38.7 Å². The third-order valence-corrected chi connectivity index (χ3v) is 4.52. The summed E-state index contributed by atoms with van der Waals surface area (Å²) in [5, 5.41) is 0.635. The highest BCUT2D eigenvalue weighted by atomic mass is 79.9. The van der Waals surface area contributed by atoms with Gasteiger partial charge in [-0.2, -0.15) is 0 Å². The van der Waals surface area contributed by atoms with Crippen LogP contribution in [0.1, 0.15) is 32.1 Å². The summed E-state index contributed by atoms with van der Waals surface area (Å²) in [6, 6.07) is 0. The van der Waals surface area contributed by atoms with Gasteiger partial charge in [-0.15, -0.1) is 0 Å². The predicted octanol–water partition coefficient (Wildman–Crippen LogP) is 1.63. The number of halogens is 1. The molecule has 1 unspecified atom stereocenters. The van der Waals surface area contributed by atoms with Gasteiger partial charge in [0, 0.05) is 18.4 Å². The molecule has 126 valence electrons. The molecule has 1 N–H and O–H groups in total. The van der Waals surface area contributed by atoms with Gasteiger partial charge in [0.1, 0.15) is 5.52 Å². The first-order chi connectivity index (χ1) is 11.2. The minimum absolute atomic E-state index is 0.277.